The molecule has 0 spiro atoms. The maximum absolute atomic E-state index is 9.01. The van der Waals surface area contributed by atoms with Crippen molar-refractivity contribution in [2.75, 3.05) is 7.05 Å². The van der Waals surface area contributed by atoms with E-state index in [1.165, 1.54) is 0 Å². The van der Waals surface area contributed by atoms with Crippen LogP contribution in [-0.4, -0.2) is 12.1 Å². The van der Waals surface area contributed by atoms with E-state index in [4.69, 9.17) is 10.1 Å². The predicted molar refractivity (Wildman–Crippen MR) is 16.3 cm³/mol. The fraction of sp³-hybridized carbons (Fsp3) is 1.00. The molecule has 5 heavy (non-hydrogen) atoms. The van der Waals surface area contributed by atoms with Crippen LogP contribution in [-0.2, 0) is 0 Å². The molecule has 0 radical (unpaired) electrons. The second kappa shape index (κ2) is 1.51. The van der Waals surface area contributed by atoms with Crippen LogP contribution in [0.3, 0.4) is 0 Å². The zero-order valence-corrected chi connectivity index (χ0v) is 2.71. The van der Waals surface area contributed by atoms with Crippen molar-refractivity contribution in [3.05, 3.63) is 15.5 Å². The first-order valence-electron chi connectivity index (χ1n) is 1.01. The zero-order valence-electron chi connectivity index (χ0n) is 2.71. The van der Waals surface area contributed by atoms with Crippen LogP contribution in [0.2, 0.25) is 0 Å². The summed E-state index contributed by atoms with van der Waals surface area (Å²) in [6.45, 7) is 0. The summed E-state index contributed by atoms with van der Waals surface area (Å²) in [5.41, 5.74) is 2.61. The summed E-state index contributed by atoms with van der Waals surface area (Å²) in [5.74, 6) is 0. The third-order valence-electron chi connectivity index (χ3n) is 0.163. The lowest BCUT2D eigenvalue weighted by atomic mass is 12.5. The van der Waals surface area contributed by atoms with Crippen LogP contribution in [0, 0.1) is 10.1 Å². The van der Waals surface area contributed by atoms with Gasteiger partial charge in [-0.2, -0.15) is 0 Å². The zero-order chi connectivity index (χ0) is 4.28. The Hall–Kier alpha value is -0.800. The van der Waals surface area contributed by atoms with E-state index in [1.54, 1.807) is 0 Å². The van der Waals surface area contributed by atoms with Crippen LogP contribution in [0.15, 0.2) is 0 Å². The van der Waals surface area contributed by atoms with Crippen molar-refractivity contribution in [2.45, 2.75) is 0 Å². The molecule has 0 aliphatic rings. The molecule has 0 N–H and O–H groups in total. The van der Waals surface area contributed by atoms with E-state index >= 15 is 0 Å². The molecule has 0 fully saturated rings. The van der Waals surface area contributed by atoms with Gasteiger partial charge in [-0.05, 0) is 5.03 Å². The van der Waals surface area contributed by atoms with E-state index in [-0.39, 0.29) is 0 Å². The van der Waals surface area contributed by atoms with E-state index in [9.17, 15) is 0 Å². The third-order valence-corrected chi connectivity index (χ3v) is 0.163. The van der Waals surface area contributed by atoms with Crippen LogP contribution in [0.1, 0.15) is 0 Å². The molecule has 0 aliphatic carbocycles. The van der Waals surface area contributed by atoms with Gasteiger partial charge in [-0.25, -0.2) is 0 Å². The van der Waals surface area contributed by atoms with Crippen molar-refractivity contribution >= 4 is 0 Å². The summed E-state index contributed by atoms with van der Waals surface area (Å²) in [6.07, 6.45) is 0. The molecule has 0 aromatic rings. The standard InChI is InChI=1S/CH3N2O2/c1-2-3(4)5/h1H3/q-1/i1+2. The van der Waals surface area contributed by atoms with Gasteiger partial charge in [-0.3, -0.25) is 10.1 Å². The number of hydrogen-bond donors (Lipinski definition) is 0. The quantitative estimate of drug-likeness (QED) is 0.331. The van der Waals surface area contributed by atoms with Crippen LogP contribution in [0.25, 0.3) is 5.43 Å². The van der Waals surface area contributed by atoms with Gasteiger partial charge in [0.05, 0.1) is 0 Å². The van der Waals surface area contributed by atoms with E-state index in [0.29, 0.717) is 0 Å². The number of hydrogen-bond acceptors (Lipinski definition) is 2. The van der Waals surface area contributed by atoms with Crippen LogP contribution in [0.4, 0.5) is 0 Å². The lowest BCUT2D eigenvalue weighted by Gasteiger charge is -1.92. The van der Waals surface area contributed by atoms with E-state index in [0.717, 1.165) is 7.05 Å². The average molecular weight is 77.0 g/mol. The smallest absolute Gasteiger partial charge is 0.0129 e. The molecule has 4 nitrogen and oxygen atoms in total. The Labute approximate surface area is 28.9 Å². The minimum Gasteiger partial charge on any atom is -0.382 e. The first kappa shape index (κ1) is 4.20. The second-order valence-electron chi connectivity index (χ2n) is 0.438. The first-order valence-corrected chi connectivity index (χ1v) is 1.01. The van der Waals surface area contributed by atoms with Gasteiger partial charge >= 0.3 is 0 Å². The molecule has 0 saturated heterocycles. The summed E-state index contributed by atoms with van der Waals surface area (Å²) < 4.78 is 0. The van der Waals surface area contributed by atoms with Gasteiger partial charge in [-0.15, -0.1) is 0 Å². The van der Waals surface area contributed by atoms with Crippen molar-refractivity contribution in [2.24, 2.45) is 0 Å². The summed E-state index contributed by atoms with van der Waals surface area (Å²) in [7, 11) is 1.12. The lowest BCUT2D eigenvalue weighted by molar-refractivity contribution is -0.423. The van der Waals surface area contributed by atoms with Crippen molar-refractivity contribution in [1.82, 2.24) is 0 Å². The highest BCUT2D eigenvalue weighted by molar-refractivity contribution is 4.37. The third kappa shape index (κ3) is 3.20. The Morgan fingerprint density at radius 3 is 2.20 bits per heavy atom. The first-order chi connectivity index (χ1) is 2.27. The van der Waals surface area contributed by atoms with Gasteiger partial charge in [0.1, 0.15) is 0 Å². The molecule has 0 aliphatic heterocycles. The van der Waals surface area contributed by atoms with Gasteiger partial charge in [0, 0.05) is 0 Å². The normalized spacial score (nSPS) is 6.60. The van der Waals surface area contributed by atoms with Crippen molar-refractivity contribution in [1.29, 1.82) is 0 Å². The highest BCUT2D eigenvalue weighted by Gasteiger charge is 1.56. The van der Waals surface area contributed by atoms with Gasteiger partial charge in [-0.1, -0.05) is 7.05 Å². The fourth-order valence-corrected chi connectivity index (χ4v) is 0. The Morgan fingerprint density at radius 1 is 2.00 bits per heavy atom. The number of nitrogens with zero attached hydrogens (tertiary/aromatic N) is 2. The highest BCUT2D eigenvalue weighted by atomic mass is 16.7. The average Bonchev–Trinajstić information content (AvgIpc) is 1.38. The molecule has 0 heterocycles. The van der Waals surface area contributed by atoms with Gasteiger partial charge in [0.2, 0.25) is 0 Å². The van der Waals surface area contributed by atoms with E-state index < -0.39 is 5.03 Å². The molecule has 30 valence electrons. The van der Waals surface area contributed by atoms with E-state index in [1.807, 2.05) is 0 Å². The Balaban J connectivity index is 2.85. The molecule has 0 bridgehead atoms. The van der Waals surface area contributed by atoms with Gasteiger partial charge in [0.25, 0.3) is 0 Å². The molecule has 0 atom stereocenters. The topological polar surface area (TPSA) is 57.2 Å². The van der Waals surface area contributed by atoms with Gasteiger partial charge < -0.3 is 5.43 Å². The second-order valence-corrected chi connectivity index (χ2v) is 0.438. The minimum absolute atomic E-state index is 0.750. The maximum atomic E-state index is 9.01. The summed E-state index contributed by atoms with van der Waals surface area (Å²) in [4.78, 5) is 9.01. The molecule has 0 unspecified atom stereocenters. The predicted octanol–water partition coefficient (Wildman–Crippen LogP) is 0.182. The monoisotopic (exact) mass is 77.0 g/mol. The molecule has 0 aromatic heterocycles. The lowest BCUT2D eigenvalue weighted by Crippen LogP contribution is -1.82. The maximum Gasteiger partial charge on any atom is -0.0129 e. The Kier molecular flexibility index (Phi) is 1.27. The van der Waals surface area contributed by atoms with Crippen molar-refractivity contribution in [3.8, 4) is 0 Å². The molecular weight excluding hydrogens is 74.0 g/mol. The molecule has 0 amide bonds. The number of rotatable bonds is 1. The van der Waals surface area contributed by atoms with Crippen molar-refractivity contribution in [3.63, 3.8) is 0 Å². The molecule has 0 rings (SSSR count). The van der Waals surface area contributed by atoms with Crippen LogP contribution in [0.5, 0.6) is 0 Å². The van der Waals surface area contributed by atoms with Crippen LogP contribution < -0.4 is 0 Å². The molecule has 0 aromatic carbocycles. The fourth-order valence-electron chi connectivity index (χ4n) is 0. The van der Waals surface area contributed by atoms with Crippen molar-refractivity contribution < 1.29 is 5.03 Å². The summed E-state index contributed by atoms with van der Waals surface area (Å²) in [5, 5.41) is 8.26. The summed E-state index contributed by atoms with van der Waals surface area (Å²) in [6, 6.07) is 0. The Bertz CT molecular complexity index is 42.9. The van der Waals surface area contributed by atoms with E-state index in [2.05, 4.69) is 5.43 Å². The summed E-state index contributed by atoms with van der Waals surface area (Å²) >= 11 is 0. The Morgan fingerprint density at radius 2 is 2.20 bits per heavy atom. The number of nitro groups is 1. The molecule has 0 saturated carbocycles. The van der Waals surface area contributed by atoms with Gasteiger partial charge in [0.15, 0.2) is 0 Å². The van der Waals surface area contributed by atoms with Crippen LogP contribution >= 0.6 is 0 Å². The SMILES string of the molecule is [14CH3][N-][N+](=O)[O-]. The highest BCUT2D eigenvalue weighted by Crippen LogP contribution is 1.70. The minimum atomic E-state index is -0.750. The largest absolute Gasteiger partial charge is 0.382 e. The molecular formula is CH3N2O2-. The molecule has 4 heteroatoms.